The zero-order valence-corrected chi connectivity index (χ0v) is 12.4. The van der Waals surface area contributed by atoms with Crippen molar-refractivity contribution in [1.82, 2.24) is 4.98 Å². The largest absolute Gasteiger partial charge is 0.378 e. The van der Waals surface area contributed by atoms with E-state index in [9.17, 15) is 0 Å². The molecule has 0 N–H and O–H groups in total. The molecule has 3 aromatic rings. The molecular weight excluding hydrogens is 272 g/mol. The summed E-state index contributed by atoms with van der Waals surface area (Å²) < 4.78 is 5.42. The van der Waals surface area contributed by atoms with E-state index in [2.05, 4.69) is 47.4 Å². The first kappa shape index (κ1) is 13.3. The zero-order chi connectivity index (χ0) is 14.8. The average molecular weight is 290 g/mol. The van der Waals surface area contributed by atoms with Gasteiger partial charge in [0.1, 0.15) is 0 Å². The molecule has 4 rings (SSSR count). The number of morpholine rings is 1. The fourth-order valence-electron chi connectivity index (χ4n) is 2.90. The fourth-order valence-corrected chi connectivity index (χ4v) is 2.90. The summed E-state index contributed by atoms with van der Waals surface area (Å²) >= 11 is 0. The van der Waals surface area contributed by atoms with Crippen molar-refractivity contribution in [1.29, 1.82) is 0 Å². The van der Waals surface area contributed by atoms with Crippen LogP contribution in [0.1, 0.15) is 0 Å². The highest BCUT2D eigenvalue weighted by Gasteiger charge is 2.11. The SMILES string of the molecule is c1ccc(-c2ccc3cc(N4CCOCC4)ccc3n2)cc1. The molecule has 1 saturated heterocycles. The second-order valence-corrected chi connectivity index (χ2v) is 5.54. The van der Waals surface area contributed by atoms with Crippen LogP contribution in [0.25, 0.3) is 22.2 Å². The van der Waals surface area contributed by atoms with Gasteiger partial charge in [-0.15, -0.1) is 0 Å². The van der Waals surface area contributed by atoms with Gasteiger partial charge < -0.3 is 9.64 Å². The van der Waals surface area contributed by atoms with Gasteiger partial charge in [-0.2, -0.15) is 0 Å². The van der Waals surface area contributed by atoms with Gasteiger partial charge in [0.05, 0.1) is 24.4 Å². The van der Waals surface area contributed by atoms with Crippen LogP contribution in [0.4, 0.5) is 5.69 Å². The smallest absolute Gasteiger partial charge is 0.0711 e. The van der Waals surface area contributed by atoms with Crippen molar-refractivity contribution in [3.05, 3.63) is 60.7 Å². The van der Waals surface area contributed by atoms with Crippen molar-refractivity contribution >= 4 is 16.6 Å². The average Bonchev–Trinajstić information content (AvgIpc) is 2.62. The van der Waals surface area contributed by atoms with Gasteiger partial charge in [-0.05, 0) is 24.3 Å². The Kier molecular flexibility index (Phi) is 3.49. The van der Waals surface area contributed by atoms with E-state index in [1.807, 2.05) is 18.2 Å². The maximum absolute atomic E-state index is 5.42. The fraction of sp³-hybridized carbons (Fsp3) is 0.211. The summed E-state index contributed by atoms with van der Waals surface area (Å²) in [6.45, 7) is 3.54. The number of ether oxygens (including phenoxy) is 1. The molecule has 1 aromatic heterocycles. The predicted octanol–water partition coefficient (Wildman–Crippen LogP) is 3.74. The van der Waals surface area contributed by atoms with Crippen molar-refractivity contribution in [2.45, 2.75) is 0 Å². The van der Waals surface area contributed by atoms with Crippen LogP contribution >= 0.6 is 0 Å². The maximum atomic E-state index is 5.42. The van der Waals surface area contributed by atoms with Crippen molar-refractivity contribution in [3.63, 3.8) is 0 Å². The Morgan fingerprint density at radius 2 is 1.68 bits per heavy atom. The van der Waals surface area contributed by atoms with E-state index < -0.39 is 0 Å². The minimum atomic E-state index is 0.809. The second kappa shape index (κ2) is 5.78. The second-order valence-electron chi connectivity index (χ2n) is 5.54. The molecule has 0 amide bonds. The quantitative estimate of drug-likeness (QED) is 0.719. The number of nitrogens with zero attached hydrogens (tertiary/aromatic N) is 2. The first-order chi connectivity index (χ1) is 10.9. The molecule has 2 heterocycles. The molecule has 22 heavy (non-hydrogen) atoms. The first-order valence-electron chi connectivity index (χ1n) is 7.69. The highest BCUT2D eigenvalue weighted by molar-refractivity contribution is 5.85. The van der Waals surface area contributed by atoms with E-state index in [0.29, 0.717) is 0 Å². The van der Waals surface area contributed by atoms with Crippen molar-refractivity contribution in [2.24, 2.45) is 0 Å². The van der Waals surface area contributed by atoms with Crippen LogP contribution in [0, 0.1) is 0 Å². The number of hydrogen-bond donors (Lipinski definition) is 0. The van der Waals surface area contributed by atoms with Crippen LogP contribution in [-0.2, 0) is 4.74 Å². The lowest BCUT2D eigenvalue weighted by Crippen LogP contribution is -2.36. The van der Waals surface area contributed by atoms with Crippen LogP contribution in [-0.4, -0.2) is 31.3 Å². The molecule has 1 aliphatic heterocycles. The molecule has 0 aliphatic carbocycles. The highest BCUT2D eigenvalue weighted by Crippen LogP contribution is 2.25. The molecule has 1 fully saturated rings. The molecule has 0 bridgehead atoms. The molecule has 110 valence electrons. The number of hydrogen-bond acceptors (Lipinski definition) is 3. The third-order valence-corrected chi connectivity index (χ3v) is 4.12. The van der Waals surface area contributed by atoms with E-state index in [1.165, 1.54) is 11.1 Å². The summed E-state index contributed by atoms with van der Waals surface area (Å²) in [6, 6.07) is 21.1. The number of anilines is 1. The molecular formula is C19H18N2O. The number of pyridine rings is 1. The van der Waals surface area contributed by atoms with Crippen LogP contribution in [0.15, 0.2) is 60.7 Å². The third-order valence-electron chi connectivity index (χ3n) is 4.12. The molecule has 1 aliphatic rings. The molecule has 0 radical (unpaired) electrons. The van der Waals surface area contributed by atoms with Gasteiger partial charge in [0, 0.05) is 29.7 Å². The van der Waals surface area contributed by atoms with E-state index in [1.54, 1.807) is 0 Å². The van der Waals surface area contributed by atoms with Crippen molar-refractivity contribution < 1.29 is 4.74 Å². The molecule has 0 unspecified atom stereocenters. The zero-order valence-electron chi connectivity index (χ0n) is 12.4. The van der Waals surface area contributed by atoms with E-state index >= 15 is 0 Å². The highest BCUT2D eigenvalue weighted by atomic mass is 16.5. The number of rotatable bonds is 2. The summed E-state index contributed by atoms with van der Waals surface area (Å²) in [5.41, 5.74) is 4.47. The number of fused-ring (bicyclic) bond motifs is 1. The van der Waals surface area contributed by atoms with Gasteiger partial charge >= 0.3 is 0 Å². The lowest BCUT2D eigenvalue weighted by Gasteiger charge is -2.29. The molecule has 0 atom stereocenters. The summed E-state index contributed by atoms with van der Waals surface area (Å²) in [4.78, 5) is 7.16. The lowest BCUT2D eigenvalue weighted by molar-refractivity contribution is 0.122. The van der Waals surface area contributed by atoms with Gasteiger partial charge in [0.2, 0.25) is 0 Å². The number of benzene rings is 2. The van der Waals surface area contributed by atoms with Crippen LogP contribution in [0.2, 0.25) is 0 Å². The monoisotopic (exact) mass is 290 g/mol. The van der Waals surface area contributed by atoms with Gasteiger partial charge in [0.25, 0.3) is 0 Å². The predicted molar refractivity (Wildman–Crippen MR) is 90.2 cm³/mol. The summed E-state index contributed by atoms with van der Waals surface area (Å²) in [5, 5.41) is 1.18. The van der Waals surface area contributed by atoms with Gasteiger partial charge in [0.15, 0.2) is 0 Å². The third kappa shape index (κ3) is 2.55. The van der Waals surface area contributed by atoms with Crippen LogP contribution in [0.3, 0.4) is 0 Å². The van der Waals surface area contributed by atoms with Crippen molar-refractivity contribution in [2.75, 3.05) is 31.2 Å². The molecule has 3 nitrogen and oxygen atoms in total. The normalized spacial score (nSPS) is 15.2. The molecule has 0 saturated carbocycles. The minimum Gasteiger partial charge on any atom is -0.378 e. The van der Waals surface area contributed by atoms with Gasteiger partial charge in [-0.3, -0.25) is 0 Å². The Hall–Kier alpha value is -2.39. The van der Waals surface area contributed by atoms with Gasteiger partial charge in [-0.1, -0.05) is 36.4 Å². The molecule has 0 spiro atoms. The van der Waals surface area contributed by atoms with Crippen molar-refractivity contribution in [3.8, 4) is 11.3 Å². The summed E-state index contributed by atoms with van der Waals surface area (Å²) in [7, 11) is 0. The van der Waals surface area contributed by atoms with Crippen LogP contribution in [0.5, 0.6) is 0 Å². The van der Waals surface area contributed by atoms with E-state index in [-0.39, 0.29) is 0 Å². The number of aromatic nitrogens is 1. The Morgan fingerprint density at radius 1 is 0.864 bits per heavy atom. The minimum absolute atomic E-state index is 0.809. The first-order valence-corrected chi connectivity index (χ1v) is 7.69. The Morgan fingerprint density at radius 3 is 2.50 bits per heavy atom. The lowest BCUT2D eigenvalue weighted by atomic mass is 10.1. The standard InChI is InChI=1S/C19H18N2O/c1-2-4-15(5-3-1)18-8-6-16-14-17(7-9-19(16)20-18)21-10-12-22-13-11-21/h1-9,14H,10-13H2. The Balaban J connectivity index is 1.70. The van der Waals surface area contributed by atoms with Gasteiger partial charge in [-0.25, -0.2) is 4.98 Å². The Labute approximate surface area is 130 Å². The summed E-state index contributed by atoms with van der Waals surface area (Å²) in [5.74, 6) is 0. The van der Waals surface area contributed by atoms with E-state index in [4.69, 9.17) is 9.72 Å². The Bertz CT molecular complexity index is 780. The van der Waals surface area contributed by atoms with E-state index in [0.717, 1.165) is 43.1 Å². The summed E-state index contributed by atoms with van der Waals surface area (Å²) in [6.07, 6.45) is 0. The van der Waals surface area contributed by atoms with Crippen LogP contribution < -0.4 is 4.90 Å². The maximum Gasteiger partial charge on any atom is 0.0711 e. The molecule has 2 aromatic carbocycles. The topological polar surface area (TPSA) is 25.4 Å². The molecule has 3 heteroatoms.